The Hall–Kier alpha value is -3.19. The molecule has 0 amide bonds. The van der Waals surface area contributed by atoms with Gasteiger partial charge in [-0.05, 0) is 38.4 Å². The van der Waals surface area contributed by atoms with Crippen LogP contribution in [0.15, 0.2) is 36.4 Å². The molecule has 2 saturated heterocycles. The summed E-state index contributed by atoms with van der Waals surface area (Å²) in [5.41, 5.74) is 11.7. The molecule has 2 aliphatic rings. The van der Waals surface area contributed by atoms with E-state index in [1.54, 1.807) is 24.3 Å². The Morgan fingerprint density at radius 1 is 0.800 bits per heavy atom. The van der Waals surface area contributed by atoms with Gasteiger partial charge in [0.1, 0.15) is 22.1 Å². The molecule has 0 aromatic heterocycles. The number of nitrogens with zero attached hydrogens (tertiary/aromatic N) is 5. The molecule has 4 rings (SSSR count). The van der Waals surface area contributed by atoms with Crippen LogP contribution in [0.25, 0.3) is 0 Å². The molecular formula is C22H33ClN8O4. The summed E-state index contributed by atoms with van der Waals surface area (Å²) in [5, 5.41) is 24.7. The molecule has 2 aromatic carbocycles. The molecule has 0 spiro atoms. The number of rotatable bonds is 3. The minimum atomic E-state index is -0.600. The average Bonchev–Trinajstić information content (AvgIpc) is 2.80. The quantitative estimate of drug-likeness (QED) is 0.318. The summed E-state index contributed by atoms with van der Waals surface area (Å²) >= 11 is 5.50. The van der Waals surface area contributed by atoms with E-state index >= 15 is 0 Å². The van der Waals surface area contributed by atoms with Gasteiger partial charge in [-0.3, -0.25) is 20.2 Å². The van der Waals surface area contributed by atoms with Crippen LogP contribution >= 0.6 is 11.6 Å². The van der Waals surface area contributed by atoms with Gasteiger partial charge in [-0.15, -0.1) is 0 Å². The predicted molar refractivity (Wildman–Crippen MR) is 140 cm³/mol. The van der Waals surface area contributed by atoms with Crippen LogP contribution in [-0.4, -0.2) is 86.1 Å². The number of halogens is 1. The topological polar surface area (TPSA) is 160 Å². The zero-order valence-electron chi connectivity index (χ0n) is 20.0. The Balaban J connectivity index is 0.000000205. The second-order valence-electron chi connectivity index (χ2n) is 8.25. The summed E-state index contributed by atoms with van der Waals surface area (Å²) in [4.78, 5) is 26.9. The van der Waals surface area contributed by atoms with E-state index in [4.69, 9.17) is 23.1 Å². The third-order valence-electron chi connectivity index (χ3n) is 5.61. The highest BCUT2D eigenvalue weighted by Gasteiger charge is 2.24. The maximum atomic E-state index is 11.0. The average molecular weight is 509 g/mol. The van der Waals surface area contributed by atoms with Crippen LogP contribution in [0.1, 0.15) is 0 Å². The van der Waals surface area contributed by atoms with Gasteiger partial charge in [0.2, 0.25) is 0 Å². The lowest BCUT2D eigenvalue weighted by Crippen LogP contribution is -2.44. The zero-order chi connectivity index (χ0) is 26.0. The Morgan fingerprint density at radius 3 is 1.71 bits per heavy atom. The Labute approximate surface area is 209 Å². The van der Waals surface area contributed by atoms with Crippen LogP contribution in [0, 0.1) is 20.2 Å². The molecule has 2 fully saturated rings. The molecule has 0 atom stereocenters. The molecule has 5 N–H and O–H groups in total. The van der Waals surface area contributed by atoms with E-state index in [0.717, 1.165) is 39.3 Å². The van der Waals surface area contributed by atoms with Crippen molar-refractivity contribution in [3.8, 4) is 0 Å². The zero-order valence-corrected chi connectivity index (χ0v) is 20.8. The first-order valence-corrected chi connectivity index (χ1v) is 11.5. The first kappa shape index (κ1) is 28.1. The number of benzene rings is 2. The fourth-order valence-electron chi connectivity index (χ4n) is 3.55. The highest BCUT2D eigenvalue weighted by molar-refractivity contribution is 6.33. The molecule has 2 heterocycles. The minimum Gasteiger partial charge on any atom is -0.393 e. The van der Waals surface area contributed by atoms with Gasteiger partial charge < -0.3 is 31.5 Å². The van der Waals surface area contributed by atoms with Gasteiger partial charge in [0.05, 0.1) is 9.85 Å². The summed E-state index contributed by atoms with van der Waals surface area (Å²) < 4.78 is 0. The van der Waals surface area contributed by atoms with Crippen molar-refractivity contribution >= 4 is 40.0 Å². The summed E-state index contributed by atoms with van der Waals surface area (Å²) in [5.74, 6) is 0. The van der Waals surface area contributed by atoms with Crippen molar-refractivity contribution in [3.05, 3.63) is 61.6 Å². The number of hydrogen-bond donors (Lipinski definition) is 3. The second kappa shape index (κ2) is 13.6. The largest absolute Gasteiger partial charge is 0.393 e. The predicted octanol–water partition coefficient (Wildman–Crippen LogP) is 2.28. The van der Waals surface area contributed by atoms with Gasteiger partial charge >= 0.3 is 11.4 Å². The minimum absolute atomic E-state index is 0.0250. The molecular weight excluding hydrogens is 476 g/mol. The molecule has 0 radical (unpaired) electrons. The molecule has 2 aliphatic heterocycles. The number of nitro benzene ring substituents is 2. The number of hydrogen-bond acceptors (Lipinski definition) is 10. The maximum absolute atomic E-state index is 11.0. The van der Waals surface area contributed by atoms with E-state index in [0.29, 0.717) is 5.69 Å². The van der Waals surface area contributed by atoms with Gasteiger partial charge in [0, 0.05) is 52.4 Å². The van der Waals surface area contributed by atoms with Crippen molar-refractivity contribution in [2.75, 3.05) is 82.8 Å². The number of nitrogen functional groups attached to an aromatic ring is 2. The van der Waals surface area contributed by atoms with Crippen molar-refractivity contribution in [3.63, 3.8) is 0 Å². The molecule has 12 nitrogen and oxygen atoms in total. The number of nitro groups is 2. The second-order valence-corrected chi connectivity index (χ2v) is 8.66. The van der Waals surface area contributed by atoms with Crippen LogP contribution in [0.4, 0.5) is 28.4 Å². The summed E-state index contributed by atoms with van der Waals surface area (Å²) in [7, 11) is 4.20. The van der Waals surface area contributed by atoms with Gasteiger partial charge in [-0.2, -0.15) is 0 Å². The van der Waals surface area contributed by atoms with Gasteiger partial charge in [-0.25, -0.2) is 0 Å². The van der Waals surface area contributed by atoms with E-state index in [9.17, 15) is 20.2 Å². The first-order chi connectivity index (χ1) is 16.6. The van der Waals surface area contributed by atoms with E-state index in [-0.39, 0.29) is 27.8 Å². The highest BCUT2D eigenvalue weighted by atomic mass is 35.5. The number of nitrogens with two attached hydrogens (primary N) is 2. The van der Waals surface area contributed by atoms with Gasteiger partial charge in [0.15, 0.2) is 0 Å². The fourth-order valence-corrected chi connectivity index (χ4v) is 3.80. The monoisotopic (exact) mass is 508 g/mol. The van der Waals surface area contributed by atoms with E-state index in [1.165, 1.54) is 25.2 Å². The highest BCUT2D eigenvalue weighted by Crippen LogP contribution is 2.34. The van der Waals surface area contributed by atoms with Crippen LogP contribution in [0.3, 0.4) is 0 Å². The SMILES string of the molecule is CN1CCN(c2cccc(N)c2[N+](=O)[O-])CC1.CN1CCNCC1.Nc1cccc(Cl)c1[N+](=O)[O-]. The van der Waals surface area contributed by atoms with E-state index < -0.39 is 9.85 Å². The molecule has 192 valence electrons. The van der Waals surface area contributed by atoms with Crippen molar-refractivity contribution in [1.82, 2.24) is 15.1 Å². The molecule has 13 heteroatoms. The van der Waals surface area contributed by atoms with Crippen molar-refractivity contribution < 1.29 is 9.85 Å². The lowest BCUT2D eigenvalue weighted by atomic mass is 10.2. The lowest BCUT2D eigenvalue weighted by Gasteiger charge is -2.33. The van der Waals surface area contributed by atoms with Gasteiger partial charge in [0.25, 0.3) is 0 Å². The summed E-state index contributed by atoms with van der Waals surface area (Å²) in [6, 6.07) is 9.51. The van der Waals surface area contributed by atoms with Crippen molar-refractivity contribution in [1.29, 1.82) is 0 Å². The Morgan fingerprint density at radius 2 is 1.29 bits per heavy atom. The van der Waals surface area contributed by atoms with E-state index in [1.807, 2.05) is 11.9 Å². The molecule has 0 unspecified atom stereocenters. The van der Waals surface area contributed by atoms with E-state index in [2.05, 4.69) is 22.2 Å². The Kier molecular flexibility index (Phi) is 10.9. The normalized spacial score (nSPS) is 16.4. The summed E-state index contributed by atoms with van der Waals surface area (Å²) in [6.45, 7) is 8.15. The fraction of sp³-hybridized carbons (Fsp3) is 0.455. The maximum Gasteiger partial charge on any atom is 0.315 e. The molecule has 0 bridgehead atoms. The number of anilines is 3. The molecule has 2 aromatic rings. The third-order valence-corrected chi connectivity index (χ3v) is 5.92. The van der Waals surface area contributed by atoms with Crippen molar-refractivity contribution in [2.24, 2.45) is 0 Å². The van der Waals surface area contributed by atoms with Crippen LogP contribution < -0.4 is 21.7 Å². The molecule has 35 heavy (non-hydrogen) atoms. The smallest absolute Gasteiger partial charge is 0.315 e. The standard InChI is InChI=1S/C11H16N4O2.C6H5ClN2O2.C5H12N2/c1-13-5-7-14(8-6-13)10-4-2-3-9(12)11(10)15(16)17;7-4-2-1-3-5(8)6(4)9(10)11;1-7-4-2-6-3-5-7/h2-4H,5-8,12H2,1H3;1-3H,8H2;6H,2-5H2,1H3. The lowest BCUT2D eigenvalue weighted by molar-refractivity contribution is -0.383. The van der Waals surface area contributed by atoms with Crippen molar-refractivity contribution in [2.45, 2.75) is 0 Å². The number of likely N-dealkylation sites (N-methyl/N-ethyl adjacent to an activating group) is 2. The number of para-hydroxylation sites is 2. The Bertz CT molecular complexity index is 975. The number of piperazine rings is 2. The van der Waals surface area contributed by atoms with Gasteiger partial charge in [-0.1, -0.05) is 23.7 Å². The van der Waals surface area contributed by atoms with Crippen LogP contribution in [0.2, 0.25) is 5.02 Å². The van der Waals surface area contributed by atoms with Crippen LogP contribution in [0.5, 0.6) is 0 Å². The third kappa shape index (κ3) is 8.51. The first-order valence-electron chi connectivity index (χ1n) is 11.2. The summed E-state index contributed by atoms with van der Waals surface area (Å²) in [6.07, 6.45) is 0. The number of nitrogens with one attached hydrogen (secondary N) is 1. The van der Waals surface area contributed by atoms with Crippen LogP contribution in [-0.2, 0) is 0 Å². The molecule has 0 saturated carbocycles. The molecule has 0 aliphatic carbocycles.